The first-order valence-electron chi connectivity index (χ1n) is 7.10. The maximum atomic E-state index is 11.7. The van der Waals surface area contributed by atoms with Crippen LogP contribution in [0.5, 0.6) is 5.75 Å². The van der Waals surface area contributed by atoms with Crippen LogP contribution in [-0.4, -0.2) is 18.0 Å². The third kappa shape index (κ3) is 2.94. The monoisotopic (exact) mass is 308 g/mol. The first-order valence-corrected chi connectivity index (χ1v) is 7.10. The van der Waals surface area contributed by atoms with Gasteiger partial charge in [-0.15, -0.1) is 0 Å². The van der Waals surface area contributed by atoms with Gasteiger partial charge in [-0.2, -0.15) is 0 Å². The van der Waals surface area contributed by atoms with E-state index in [9.17, 15) is 4.79 Å². The molecule has 0 fully saturated rings. The van der Waals surface area contributed by atoms with Crippen LogP contribution in [0.25, 0.3) is 22.8 Å². The van der Waals surface area contributed by atoms with Crippen molar-refractivity contribution in [2.45, 2.75) is 6.92 Å². The minimum atomic E-state index is -0.627. The molecular formula is C18H16N2O3. The number of rotatable bonds is 4. The van der Waals surface area contributed by atoms with E-state index in [1.807, 2.05) is 31.2 Å². The van der Waals surface area contributed by atoms with E-state index in [-0.39, 0.29) is 5.69 Å². The molecule has 2 aromatic carbocycles. The molecule has 5 nitrogen and oxygen atoms in total. The summed E-state index contributed by atoms with van der Waals surface area (Å²) >= 11 is 0. The molecular weight excluding hydrogens is 292 g/mol. The third-order valence-corrected chi connectivity index (χ3v) is 3.51. The van der Waals surface area contributed by atoms with E-state index in [4.69, 9.17) is 14.9 Å². The van der Waals surface area contributed by atoms with Gasteiger partial charge in [0.25, 0.3) is 5.91 Å². The van der Waals surface area contributed by atoms with Gasteiger partial charge >= 0.3 is 0 Å². The molecule has 5 heteroatoms. The van der Waals surface area contributed by atoms with Crippen molar-refractivity contribution in [2.75, 3.05) is 7.11 Å². The molecule has 0 aliphatic rings. The summed E-state index contributed by atoms with van der Waals surface area (Å²) in [5, 5.41) is 0. The Morgan fingerprint density at radius 1 is 1.04 bits per heavy atom. The van der Waals surface area contributed by atoms with Gasteiger partial charge in [-0.05, 0) is 43.3 Å². The van der Waals surface area contributed by atoms with Crippen molar-refractivity contribution in [1.82, 2.24) is 4.98 Å². The second-order valence-electron chi connectivity index (χ2n) is 5.16. The standard InChI is InChI=1S/C18H16N2O3/c1-11-3-5-13(6-4-11)18-20-15(17(19)21)16(23-18)12-7-9-14(22-2)10-8-12/h3-10H,1-2H3,(H2,19,21). The van der Waals surface area contributed by atoms with Gasteiger partial charge in [-0.3, -0.25) is 4.79 Å². The third-order valence-electron chi connectivity index (χ3n) is 3.51. The van der Waals surface area contributed by atoms with Crippen LogP contribution < -0.4 is 10.5 Å². The SMILES string of the molecule is COc1ccc(-c2oc(-c3ccc(C)cc3)nc2C(N)=O)cc1. The minimum absolute atomic E-state index is 0.116. The maximum Gasteiger partial charge on any atom is 0.271 e. The van der Waals surface area contributed by atoms with Crippen molar-refractivity contribution >= 4 is 5.91 Å². The Hall–Kier alpha value is -3.08. The number of methoxy groups -OCH3 is 1. The number of primary amides is 1. The number of oxazole rings is 1. The van der Waals surface area contributed by atoms with Crippen molar-refractivity contribution in [3.05, 3.63) is 59.8 Å². The van der Waals surface area contributed by atoms with Crippen molar-refractivity contribution in [1.29, 1.82) is 0 Å². The molecule has 0 saturated carbocycles. The van der Waals surface area contributed by atoms with Crippen LogP contribution in [-0.2, 0) is 0 Å². The fraction of sp³-hybridized carbons (Fsp3) is 0.111. The maximum absolute atomic E-state index is 11.7. The molecule has 0 saturated heterocycles. The van der Waals surface area contributed by atoms with Crippen LogP contribution in [0.4, 0.5) is 0 Å². The fourth-order valence-electron chi connectivity index (χ4n) is 2.24. The number of ether oxygens (including phenoxy) is 1. The van der Waals surface area contributed by atoms with Gasteiger partial charge in [-0.1, -0.05) is 17.7 Å². The Morgan fingerprint density at radius 2 is 1.65 bits per heavy atom. The summed E-state index contributed by atoms with van der Waals surface area (Å²) in [6.07, 6.45) is 0. The number of hydrogen-bond donors (Lipinski definition) is 1. The van der Waals surface area contributed by atoms with Gasteiger partial charge < -0.3 is 14.9 Å². The number of nitrogens with zero attached hydrogens (tertiary/aromatic N) is 1. The summed E-state index contributed by atoms with van der Waals surface area (Å²) in [7, 11) is 1.59. The summed E-state index contributed by atoms with van der Waals surface area (Å²) in [6, 6.07) is 14.9. The normalized spacial score (nSPS) is 10.5. The topological polar surface area (TPSA) is 78.3 Å². The zero-order valence-corrected chi connectivity index (χ0v) is 12.9. The lowest BCUT2D eigenvalue weighted by atomic mass is 10.1. The van der Waals surface area contributed by atoms with Crippen LogP contribution in [0.3, 0.4) is 0 Å². The van der Waals surface area contributed by atoms with Crippen LogP contribution in [0.1, 0.15) is 16.1 Å². The lowest BCUT2D eigenvalue weighted by Gasteiger charge is -2.01. The highest BCUT2D eigenvalue weighted by molar-refractivity contribution is 5.97. The summed E-state index contributed by atoms with van der Waals surface area (Å²) in [4.78, 5) is 15.9. The van der Waals surface area contributed by atoms with Gasteiger partial charge in [0.15, 0.2) is 11.5 Å². The van der Waals surface area contributed by atoms with Crippen molar-refractivity contribution in [3.8, 4) is 28.5 Å². The first kappa shape index (κ1) is 14.8. The smallest absolute Gasteiger partial charge is 0.271 e. The summed E-state index contributed by atoms with van der Waals surface area (Å²) < 4.78 is 10.9. The quantitative estimate of drug-likeness (QED) is 0.801. The molecule has 1 amide bonds. The number of carbonyl (C=O) groups excluding carboxylic acids is 1. The second kappa shape index (κ2) is 5.96. The highest BCUT2D eigenvalue weighted by atomic mass is 16.5. The molecule has 0 bridgehead atoms. The molecule has 116 valence electrons. The summed E-state index contributed by atoms with van der Waals surface area (Å²) in [5.74, 6) is 0.811. The number of carbonyl (C=O) groups is 1. The van der Waals surface area contributed by atoms with E-state index in [0.29, 0.717) is 23.0 Å². The Bertz CT molecular complexity index is 834. The minimum Gasteiger partial charge on any atom is -0.497 e. The van der Waals surface area contributed by atoms with Crippen LogP contribution >= 0.6 is 0 Å². The van der Waals surface area contributed by atoms with Crippen LogP contribution in [0.15, 0.2) is 52.9 Å². The molecule has 0 radical (unpaired) electrons. The van der Waals surface area contributed by atoms with Crippen molar-refractivity contribution in [2.24, 2.45) is 5.73 Å². The van der Waals surface area contributed by atoms with Crippen molar-refractivity contribution in [3.63, 3.8) is 0 Å². The predicted octanol–water partition coefficient (Wildman–Crippen LogP) is 3.42. The lowest BCUT2D eigenvalue weighted by molar-refractivity contribution is 0.0996. The van der Waals surface area contributed by atoms with Gasteiger partial charge in [-0.25, -0.2) is 4.98 Å². The second-order valence-corrected chi connectivity index (χ2v) is 5.16. The number of aromatic nitrogens is 1. The van der Waals surface area contributed by atoms with Crippen LogP contribution in [0, 0.1) is 6.92 Å². The fourth-order valence-corrected chi connectivity index (χ4v) is 2.24. The molecule has 0 unspecified atom stereocenters. The number of aryl methyl sites for hydroxylation is 1. The molecule has 3 rings (SSSR count). The number of amides is 1. The Kier molecular flexibility index (Phi) is 3.85. The predicted molar refractivity (Wildman–Crippen MR) is 87.2 cm³/mol. The first-order chi connectivity index (χ1) is 11.1. The average Bonchev–Trinajstić information content (AvgIpc) is 3.01. The van der Waals surface area contributed by atoms with Gasteiger partial charge in [0.05, 0.1) is 7.11 Å². The zero-order valence-electron chi connectivity index (χ0n) is 12.9. The molecule has 0 spiro atoms. The summed E-state index contributed by atoms with van der Waals surface area (Å²) in [6.45, 7) is 2.00. The van der Waals surface area contributed by atoms with E-state index in [1.54, 1.807) is 31.4 Å². The Labute approximate surface area is 133 Å². The molecule has 0 aliphatic heterocycles. The Morgan fingerprint density at radius 3 is 2.22 bits per heavy atom. The molecule has 1 heterocycles. The highest BCUT2D eigenvalue weighted by Gasteiger charge is 2.20. The van der Waals surface area contributed by atoms with E-state index >= 15 is 0 Å². The molecule has 0 atom stereocenters. The van der Waals surface area contributed by atoms with Gasteiger partial charge in [0, 0.05) is 11.1 Å². The van der Waals surface area contributed by atoms with E-state index in [0.717, 1.165) is 11.1 Å². The van der Waals surface area contributed by atoms with E-state index in [1.165, 1.54) is 0 Å². The van der Waals surface area contributed by atoms with Gasteiger partial charge in [0.2, 0.25) is 5.89 Å². The molecule has 1 aromatic heterocycles. The molecule has 0 aliphatic carbocycles. The van der Waals surface area contributed by atoms with Crippen molar-refractivity contribution < 1.29 is 13.9 Å². The molecule has 23 heavy (non-hydrogen) atoms. The van der Waals surface area contributed by atoms with Crippen LogP contribution in [0.2, 0.25) is 0 Å². The lowest BCUT2D eigenvalue weighted by Crippen LogP contribution is -2.12. The van der Waals surface area contributed by atoms with E-state index < -0.39 is 5.91 Å². The number of hydrogen-bond acceptors (Lipinski definition) is 4. The number of benzene rings is 2. The Balaban J connectivity index is 2.08. The molecule has 2 N–H and O–H groups in total. The van der Waals surface area contributed by atoms with Gasteiger partial charge in [0.1, 0.15) is 5.75 Å². The van der Waals surface area contributed by atoms with E-state index in [2.05, 4.69) is 4.98 Å². The largest absolute Gasteiger partial charge is 0.497 e. The molecule has 3 aromatic rings. The number of nitrogens with two attached hydrogens (primary N) is 1. The summed E-state index contributed by atoms with van der Waals surface area (Å²) in [5.41, 5.74) is 8.19. The zero-order chi connectivity index (χ0) is 16.4. The highest BCUT2D eigenvalue weighted by Crippen LogP contribution is 2.30. The average molecular weight is 308 g/mol.